The van der Waals surface area contributed by atoms with E-state index in [1.165, 1.54) is 24.3 Å². The van der Waals surface area contributed by atoms with Gasteiger partial charge in [0.05, 0.1) is 6.54 Å². The largest absolute Gasteiger partial charge is 0.573 e. The Morgan fingerprint density at radius 1 is 1.16 bits per heavy atom. The molecule has 1 aromatic carbocycles. The third-order valence-corrected chi connectivity index (χ3v) is 3.28. The van der Waals surface area contributed by atoms with E-state index in [0.717, 1.165) is 23.2 Å². The molecule has 25 heavy (non-hydrogen) atoms. The van der Waals surface area contributed by atoms with Crippen LogP contribution in [0.25, 0.3) is 0 Å². The van der Waals surface area contributed by atoms with Crippen molar-refractivity contribution in [3.05, 3.63) is 59.4 Å². The predicted molar refractivity (Wildman–Crippen MR) is 89.1 cm³/mol. The first-order valence-corrected chi connectivity index (χ1v) is 7.62. The Labute approximate surface area is 143 Å². The Morgan fingerprint density at radius 2 is 1.84 bits per heavy atom. The van der Waals surface area contributed by atoms with Crippen LogP contribution >= 0.6 is 0 Å². The highest BCUT2D eigenvalue weighted by Crippen LogP contribution is 2.22. The van der Waals surface area contributed by atoms with Crippen LogP contribution in [0.4, 0.5) is 13.2 Å². The quantitative estimate of drug-likeness (QED) is 0.619. The molecule has 1 heterocycles. The monoisotopic (exact) mass is 352 g/mol. The lowest BCUT2D eigenvalue weighted by atomic mass is 10.2. The third kappa shape index (κ3) is 7.11. The van der Waals surface area contributed by atoms with Crippen molar-refractivity contribution >= 4 is 5.96 Å². The fraction of sp³-hybridized carbons (Fsp3) is 0.294. The first-order valence-electron chi connectivity index (χ1n) is 7.62. The van der Waals surface area contributed by atoms with Crippen molar-refractivity contribution in [2.75, 3.05) is 6.54 Å². The first-order chi connectivity index (χ1) is 11.8. The topological polar surface area (TPSA) is 72.5 Å². The van der Waals surface area contributed by atoms with Gasteiger partial charge in [0, 0.05) is 18.4 Å². The van der Waals surface area contributed by atoms with Crippen LogP contribution in [0.15, 0.2) is 47.6 Å². The molecule has 0 aliphatic rings. The second kappa shape index (κ2) is 8.36. The lowest BCUT2D eigenvalue weighted by Crippen LogP contribution is -2.33. The molecule has 8 heteroatoms. The van der Waals surface area contributed by atoms with Gasteiger partial charge >= 0.3 is 6.36 Å². The van der Waals surface area contributed by atoms with E-state index in [4.69, 9.17) is 5.73 Å². The van der Waals surface area contributed by atoms with E-state index >= 15 is 0 Å². The molecule has 1 aromatic heterocycles. The molecule has 0 aliphatic carbocycles. The first kappa shape index (κ1) is 18.6. The molecule has 3 N–H and O–H groups in total. The molecule has 0 spiro atoms. The minimum Gasteiger partial charge on any atom is -0.406 e. The number of rotatable bonds is 6. The average molecular weight is 352 g/mol. The van der Waals surface area contributed by atoms with E-state index in [0.29, 0.717) is 6.54 Å². The maximum atomic E-state index is 12.1. The van der Waals surface area contributed by atoms with Gasteiger partial charge in [0.15, 0.2) is 5.96 Å². The number of nitrogens with one attached hydrogen (secondary N) is 1. The third-order valence-electron chi connectivity index (χ3n) is 3.28. The van der Waals surface area contributed by atoms with Crippen LogP contribution in [0.2, 0.25) is 0 Å². The number of hydrogen-bond donors (Lipinski definition) is 2. The predicted octanol–water partition coefficient (Wildman–Crippen LogP) is 2.94. The van der Waals surface area contributed by atoms with Crippen LogP contribution in [-0.2, 0) is 13.0 Å². The molecule has 0 bridgehead atoms. The standard InChI is InChI=1S/C17H19F3N4O/c1-12-2-3-14(10-23-12)8-9-22-16(21)24-11-13-4-6-15(7-5-13)25-17(18,19)20/h2-7,10H,8-9,11H2,1H3,(H3,21,22,24). The highest BCUT2D eigenvalue weighted by molar-refractivity contribution is 5.77. The summed E-state index contributed by atoms with van der Waals surface area (Å²) in [5.41, 5.74) is 8.55. The smallest absolute Gasteiger partial charge is 0.406 e. The van der Waals surface area contributed by atoms with E-state index in [2.05, 4.69) is 20.0 Å². The van der Waals surface area contributed by atoms with Crippen LogP contribution in [0.1, 0.15) is 16.8 Å². The number of benzene rings is 1. The minimum atomic E-state index is -4.69. The van der Waals surface area contributed by atoms with Crippen molar-refractivity contribution in [3.8, 4) is 5.75 Å². The van der Waals surface area contributed by atoms with Crippen LogP contribution in [0.3, 0.4) is 0 Å². The maximum Gasteiger partial charge on any atom is 0.573 e. The molecule has 5 nitrogen and oxygen atoms in total. The van der Waals surface area contributed by atoms with Gasteiger partial charge in [-0.05, 0) is 42.7 Å². The molecule has 0 unspecified atom stereocenters. The van der Waals surface area contributed by atoms with Crippen LogP contribution in [0.5, 0.6) is 5.75 Å². The number of ether oxygens (including phenoxy) is 1. The molecule has 0 saturated heterocycles. The zero-order valence-corrected chi connectivity index (χ0v) is 13.7. The average Bonchev–Trinajstić information content (AvgIpc) is 2.55. The van der Waals surface area contributed by atoms with Crippen LogP contribution in [0, 0.1) is 6.92 Å². The lowest BCUT2D eigenvalue weighted by molar-refractivity contribution is -0.274. The second-order valence-electron chi connectivity index (χ2n) is 5.38. The van der Waals surface area contributed by atoms with Gasteiger partial charge in [0.25, 0.3) is 0 Å². The fourth-order valence-corrected chi connectivity index (χ4v) is 2.01. The van der Waals surface area contributed by atoms with Gasteiger partial charge in [-0.25, -0.2) is 4.99 Å². The second-order valence-corrected chi connectivity index (χ2v) is 5.38. The molecule has 134 valence electrons. The minimum absolute atomic E-state index is 0.261. The van der Waals surface area contributed by atoms with E-state index in [1.54, 1.807) is 0 Å². The number of hydrogen-bond acceptors (Lipinski definition) is 3. The Kier molecular flexibility index (Phi) is 6.21. The number of nitrogens with two attached hydrogens (primary N) is 1. The van der Waals surface area contributed by atoms with Crippen LogP contribution in [-0.4, -0.2) is 23.9 Å². The van der Waals surface area contributed by atoms with Crippen molar-refractivity contribution < 1.29 is 17.9 Å². The van der Waals surface area contributed by atoms with Crippen LogP contribution < -0.4 is 15.8 Å². The van der Waals surface area contributed by atoms with Gasteiger partial charge in [0.2, 0.25) is 0 Å². The van der Waals surface area contributed by atoms with Crippen molar-refractivity contribution in [2.24, 2.45) is 10.7 Å². The summed E-state index contributed by atoms with van der Waals surface area (Å²) in [5, 5.41) is 2.98. The maximum absolute atomic E-state index is 12.1. The summed E-state index contributed by atoms with van der Waals surface area (Å²) in [6.45, 7) is 2.80. The number of aromatic nitrogens is 1. The van der Waals surface area contributed by atoms with Gasteiger partial charge in [0.1, 0.15) is 5.75 Å². The van der Waals surface area contributed by atoms with Crippen molar-refractivity contribution in [1.82, 2.24) is 10.3 Å². The number of halogens is 3. The summed E-state index contributed by atoms with van der Waals surface area (Å²) in [5.74, 6) is 0.00808. The molecule has 2 aromatic rings. The Bertz CT molecular complexity index is 697. The number of nitrogens with zero attached hydrogens (tertiary/aromatic N) is 2. The lowest BCUT2D eigenvalue weighted by Gasteiger charge is -2.09. The SMILES string of the molecule is Cc1ccc(CCNC(N)=NCc2ccc(OC(F)(F)F)cc2)cn1. The van der Waals surface area contributed by atoms with Gasteiger partial charge in [-0.15, -0.1) is 13.2 Å². The molecule has 2 rings (SSSR count). The Morgan fingerprint density at radius 3 is 2.44 bits per heavy atom. The Balaban J connectivity index is 1.77. The molecule has 0 radical (unpaired) electrons. The van der Waals surface area contributed by atoms with Crippen molar-refractivity contribution in [2.45, 2.75) is 26.3 Å². The summed E-state index contributed by atoms with van der Waals surface area (Å²) in [7, 11) is 0. The van der Waals surface area contributed by atoms with E-state index < -0.39 is 6.36 Å². The summed E-state index contributed by atoms with van der Waals surface area (Å²) < 4.78 is 40.1. The van der Waals surface area contributed by atoms with E-state index in [1.807, 2.05) is 25.3 Å². The van der Waals surface area contributed by atoms with E-state index in [9.17, 15) is 13.2 Å². The fourth-order valence-electron chi connectivity index (χ4n) is 2.01. The summed E-state index contributed by atoms with van der Waals surface area (Å²) in [6, 6.07) is 9.45. The molecule has 0 fully saturated rings. The molecule has 0 saturated carbocycles. The number of alkyl halides is 3. The Hall–Kier alpha value is -2.77. The zero-order valence-electron chi connectivity index (χ0n) is 13.7. The number of pyridine rings is 1. The highest BCUT2D eigenvalue weighted by atomic mass is 19.4. The van der Waals surface area contributed by atoms with Crippen molar-refractivity contribution in [1.29, 1.82) is 0 Å². The number of aliphatic imine (C=N–C) groups is 1. The number of guanidine groups is 1. The van der Waals surface area contributed by atoms with E-state index in [-0.39, 0.29) is 18.3 Å². The van der Waals surface area contributed by atoms with Crippen molar-refractivity contribution in [3.63, 3.8) is 0 Å². The van der Waals surface area contributed by atoms with Gasteiger partial charge < -0.3 is 15.8 Å². The summed E-state index contributed by atoms with van der Waals surface area (Å²) >= 11 is 0. The normalized spacial score (nSPS) is 12.1. The molecule has 0 amide bonds. The molecule has 0 aliphatic heterocycles. The number of aryl methyl sites for hydroxylation is 1. The van der Waals surface area contributed by atoms with Gasteiger partial charge in [-0.3, -0.25) is 4.98 Å². The molecule has 0 atom stereocenters. The van der Waals surface area contributed by atoms with Gasteiger partial charge in [-0.1, -0.05) is 18.2 Å². The summed E-state index contributed by atoms with van der Waals surface area (Å²) in [4.78, 5) is 8.36. The molecular formula is C17H19F3N4O. The zero-order chi connectivity index (χ0) is 18.3. The molecular weight excluding hydrogens is 333 g/mol. The highest BCUT2D eigenvalue weighted by Gasteiger charge is 2.30. The summed E-state index contributed by atoms with van der Waals surface area (Å²) in [6.07, 6.45) is -2.12. The van der Waals surface area contributed by atoms with Gasteiger partial charge in [-0.2, -0.15) is 0 Å².